The topological polar surface area (TPSA) is 83.6 Å². The minimum absolute atomic E-state index is 0.272. The van der Waals surface area contributed by atoms with Crippen LogP contribution in [0.25, 0.3) is 0 Å². The van der Waals surface area contributed by atoms with Gasteiger partial charge in [0.25, 0.3) is 0 Å². The number of carboxylic acid groups (broad SMARTS) is 1. The van der Waals surface area contributed by atoms with Crippen LogP contribution in [0.5, 0.6) is 5.75 Å². The maximum absolute atomic E-state index is 13.3. The first-order valence-electron chi connectivity index (χ1n) is 4.68. The highest BCUT2D eigenvalue weighted by atomic mass is 19.2. The number of benzene rings is 1. The fourth-order valence-corrected chi connectivity index (χ4v) is 1.36. The van der Waals surface area contributed by atoms with E-state index in [1.54, 1.807) is 0 Å². The van der Waals surface area contributed by atoms with Crippen LogP contribution in [0.4, 0.5) is 13.2 Å². The number of carboxylic acids is 1. The van der Waals surface area contributed by atoms with Crippen LogP contribution in [0.3, 0.4) is 0 Å². The van der Waals surface area contributed by atoms with E-state index in [4.69, 9.17) is 15.9 Å². The summed E-state index contributed by atoms with van der Waals surface area (Å²) in [7, 11) is 0. The Labute approximate surface area is 94.5 Å². The third-order valence-corrected chi connectivity index (χ3v) is 2.21. The van der Waals surface area contributed by atoms with Crippen molar-refractivity contribution >= 4 is 5.97 Å². The van der Waals surface area contributed by atoms with Gasteiger partial charge in [0.15, 0.2) is 23.2 Å². The normalized spacial score (nSPS) is 12.5. The number of rotatable bonds is 4. The molecule has 17 heavy (non-hydrogen) atoms. The Balaban J connectivity index is 3.07. The van der Waals surface area contributed by atoms with Crippen molar-refractivity contribution in [3.8, 4) is 5.75 Å². The smallest absolute Gasteiger partial charge is 0.303 e. The van der Waals surface area contributed by atoms with Crippen LogP contribution >= 0.6 is 0 Å². The number of hydrogen-bond acceptors (Lipinski definition) is 3. The van der Waals surface area contributed by atoms with Crippen LogP contribution in [-0.2, 0) is 4.79 Å². The van der Waals surface area contributed by atoms with Crippen molar-refractivity contribution in [1.82, 2.24) is 0 Å². The molecule has 0 saturated carbocycles. The average molecular weight is 249 g/mol. The Morgan fingerprint density at radius 2 is 1.94 bits per heavy atom. The van der Waals surface area contributed by atoms with Gasteiger partial charge < -0.3 is 15.9 Å². The van der Waals surface area contributed by atoms with Crippen molar-refractivity contribution < 1.29 is 28.2 Å². The summed E-state index contributed by atoms with van der Waals surface area (Å²) in [6.45, 7) is 0. The van der Waals surface area contributed by atoms with E-state index in [1.807, 2.05) is 0 Å². The minimum atomic E-state index is -1.52. The molecule has 0 aliphatic rings. The van der Waals surface area contributed by atoms with Crippen LogP contribution in [0.2, 0.25) is 0 Å². The highest BCUT2D eigenvalue weighted by molar-refractivity contribution is 5.66. The molecule has 0 amide bonds. The second-order valence-corrected chi connectivity index (χ2v) is 3.46. The van der Waals surface area contributed by atoms with E-state index in [0.29, 0.717) is 0 Å². The molecule has 0 aliphatic heterocycles. The Morgan fingerprint density at radius 3 is 2.47 bits per heavy atom. The van der Waals surface area contributed by atoms with Crippen molar-refractivity contribution in [2.24, 2.45) is 5.73 Å². The number of halogens is 3. The van der Waals surface area contributed by atoms with E-state index in [2.05, 4.69) is 0 Å². The zero-order chi connectivity index (χ0) is 13.2. The monoisotopic (exact) mass is 249 g/mol. The number of carbonyl (C=O) groups is 1. The number of aliphatic carboxylic acids is 1. The Morgan fingerprint density at radius 1 is 1.35 bits per heavy atom. The molecule has 4 nitrogen and oxygen atoms in total. The molecule has 0 heterocycles. The van der Waals surface area contributed by atoms with Crippen molar-refractivity contribution in [1.29, 1.82) is 0 Å². The van der Waals surface area contributed by atoms with Gasteiger partial charge >= 0.3 is 5.97 Å². The quantitative estimate of drug-likeness (QED) is 0.709. The lowest BCUT2D eigenvalue weighted by Crippen LogP contribution is -2.16. The van der Waals surface area contributed by atoms with Crippen molar-refractivity contribution in [3.05, 3.63) is 29.1 Å². The van der Waals surface area contributed by atoms with Gasteiger partial charge in [0.2, 0.25) is 0 Å². The second kappa shape index (κ2) is 5.05. The predicted molar refractivity (Wildman–Crippen MR) is 51.8 cm³/mol. The number of phenols is 1. The van der Waals surface area contributed by atoms with Crippen molar-refractivity contribution in [2.45, 2.75) is 18.9 Å². The summed E-state index contributed by atoms with van der Waals surface area (Å²) in [5, 5.41) is 17.4. The lowest BCUT2D eigenvalue weighted by Gasteiger charge is -2.14. The molecule has 94 valence electrons. The largest absolute Gasteiger partial charge is 0.505 e. The van der Waals surface area contributed by atoms with Gasteiger partial charge in [0.05, 0.1) is 0 Å². The van der Waals surface area contributed by atoms with Crippen LogP contribution in [0.15, 0.2) is 6.07 Å². The van der Waals surface area contributed by atoms with Gasteiger partial charge in [0, 0.05) is 24.1 Å². The second-order valence-electron chi connectivity index (χ2n) is 3.46. The minimum Gasteiger partial charge on any atom is -0.505 e. The molecule has 0 aliphatic carbocycles. The SMILES string of the molecule is NC(CCC(=O)O)c1c(F)c(O)cc(F)c1F. The van der Waals surface area contributed by atoms with E-state index in [9.17, 15) is 18.0 Å². The molecule has 7 heteroatoms. The molecule has 1 atom stereocenters. The third-order valence-electron chi connectivity index (χ3n) is 2.21. The fourth-order valence-electron chi connectivity index (χ4n) is 1.36. The molecular formula is C10H10F3NO3. The summed E-state index contributed by atoms with van der Waals surface area (Å²) < 4.78 is 39.5. The van der Waals surface area contributed by atoms with Gasteiger partial charge in [-0.1, -0.05) is 0 Å². The van der Waals surface area contributed by atoms with Gasteiger partial charge in [0.1, 0.15) is 0 Å². The zero-order valence-electron chi connectivity index (χ0n) is 8.58. The third kappa shape index (κ3) is 2.88. The molecule has 1 aromatic rings. The van der Waals surface area contributed by atoms with Crippen LogP contribution in [0, 0.1) is 17.5 Å². The van der Waals surface area contributed by atoms with Gasteiger partial charge in [-0.2, -0.15) is 0 Å². The zero-order valence-corrected chi connectivity index (χ0v) is 8.58. The van der Waals surface area contributed by atoms with Crippen LogP contribution in [0.1, 0.15) is 24.4 Å². The van der Waals surface area contributed by atoms with Gasteiger partial charge in [-0.05, 0) is 6.42 Å². The van der Waals surface area contributed by atoms with E-state index in [-0.39, 0.29) is 12.5 Å². The molecule has 0 radical (unpaired) electrons. The Bertz CT molecular complexity index is 425. The highest BCUT2D eigenvalue weighted by Gasteiger charge is 2.23. The first kappa shape index (κ1) is 13.3. The molecule has 0 saturated heterocycles. The molecule has 0 aromatic heterocycles. The van der Waals surface area contributed by atoms with Crippen molar-refractivity contribution in [3.63, 3.8) is 0 Å². The summed E-state index contributed by atoms with van der Waals surface area (Å²) in [4.78, 5) is 10.3. The molecule has 0 spiro atoms. The molecule has 0 fully saturated rings. The summed E-state index contributed by atoms with van der Waals surface area (Å²) in [5.41, 5.74) is 4.52. The number of nitrogens with two attached hydrogens (primary N) is 1. The highest BCUT2D eigenvalue weighted by Crippen LogP contribution is 2.30. The molecule has 4 N–H and O–H groups in total. The van der Waals surface area contributed by atoms with E-state index in [0.717, 1.165) is 0 Å². The molecule has 1 rings (SSSR count). The molecule has 0 bridgehead atoms. The number of phenolic OH excluding ortho intramolecular Hbond substituents is 1. The fraction of sp³-hybridized carbons (Fsp3) is 0.300. The summed E-state index contributed by atoms with van der Waals surface area (Å²) in [6.07, 6.45) is -0.691. The Hall–Kier alpha value is -1.76. The summed E-state index contributed by atoms with van der Waals surface area (Å²) in [5.74, 6) is -6.59. The summed E-state index contributed by atoms with van der Waals surface area (Å²) >= 11 is 0. The maximum Gasteiger partial charge on any atom is 0.303 e. The van der Waals surface area contributed by atoms with E-state index in [1.165, 1.54) is 0 Å². The summed E-state index contributed by atoms with van der Waals surface area (Å²) in [6, 6.07) is -1.05. The van der Waals surface area contributed by atoms with E-state index >= 15 is 0 Å². The molecular weight excluding hydrogens is 239 g/mol. The number of aromatic hydroxyl groups is 1. The lowest BCUT2D eigenvalue weighted by molar-refractivity contribution is -0.137. The lowest BCUT2D eigenvalue weighted by atomic mass is 10.0. The standard InChI is InChI=1S/C10H10F3NO3/c11-4-3-6(15)10(13)8(9(4)12)5(14)1-2-7(16)17/h3,5,15H,1-2,14H2,(H,16,17). The van der Waals surface area contributed by atoms with Gasteiger partial charge in [-0.15, -0.1) is 0 Å². The first-order chi connectivity index (χ1) is 7.84. The van der Waals surface area contributed by atoms with Crippen LogP contribution in [-0.4, -0.2) is 16.2 Å². The maximum atomic E-state index is 13.3. The van der Waals surface area contributed by atoms with E-state index < -0.39 is 47.2 Å². The Kier molecular flexibility index (Phi) is 3.95. The van der Waals surface area contributed by atoms with Crippen molar-refractivity contribution in [2.75, 3.05) is 0 Å². The first-order valence-corrected chi connectivity index (χ1v) is 4.68. The predicted octanol–water partition coefficient (Wildman–Crippen LogP) is 1.67. The molecule has 1 aromatic carbocycles. The average Bonchev–Trinajstić information content (AvgIpc) is 2.24. The van der Waals surface area contributed by atoms with Gasteiger partial charge in [-0.3, -0.25) is 4.79 Å². The number of hydrogen-bond donors (Lipinski definition) is 3. The van der Waals surface area contributed by atoms with Gasteiger partial charge in [-0.25, -0.2) is 13.2 Å². The van der Waals surface area contributed by atoms with Crippen LogP contribution < -0.4 is 5.73 Å². The molecule has 1 unspecified atom stereocenters.